The molecule has 32 heavy (non-hydrogen) atoms. The molecule has 2 aromatic carbocycles. The SMILES string of the molecule is Cc1ccc(-c2csc(NC(=O)c3nc4cccc([N+](=O)[O-])c4s3)c2C(=O)O)c(F)c1F. The Morgan fingerprint density at radius 3 is 2.59 bits per heavy atom. The van der Waals surface area contributed by atoms with Crippen LogP contribution in [0.5, 0.6) is 0 Å². The first-order chi connectivity index (χ1) is 15.2. The van der Waals surface area contributed by atoms with Gasteiger partial charge in [0, 0.05) is 22.6 Å². The number of rotatable bonds is 5. The van der Waals surface area contributed by atoms with E-state index in [2.05, 4.69) is 10.3 Å². The molecule has 1 amide bonds. The summed E-state index contributed by atoms with van der Waals surface area (Å²) in [6.45, 7) is 1.38. The predicted octanol–water partition coefficient (Wildman–Crippen LogP) is 5.47. The number of benzene rings is 2. The second kappa shape index (κ2) is 8.05. The van der Waals surface area contributed by atoms with Crippen molar-refractivity contribution >= 4 is 55.5 Å². The maximum absolute atomic E-state index is 14.4. The van der Waals surface area contributed by atoms with Gasteiger partial charge in [-0.15, -0.1) is 22.7 Å². The standard InChI is InChI=1S/C20H11F2N3O5S2/c1-8-5-6-9(15(22)14(8)21)10-7-31-18(13(10)20(27)28)24-17(26)19-23-11-3-2-4-12(25(29)30)16(11)32-19/h2-7H,1H3,(H,24,26)(H,27,28). The number of aryl methyl sites for hydroxylation is 1. The van der Waals surface area contributed by atoms with Crippen molar-refractivity contribution in [3.63, 3.8) is 0 Å². The zero-order chi connectivity index (χ0) is 23.2. The molecule has 4 aromatic rings. The Balaban J connectivity index is 1.73. The number of carbonyl (C=O) groups excluding carboxylic acids is 1. The number of carboxylic acids is 1. The Morgan fingerprint density at radius 2 is 1.91 bits per heavy atom. The number of nitrogens with zero attached hydrogens (tertiary/aromatic N) is 2. The van der Waals surface area contributed by atoms with Crippen LogP contribution in [0.25, 0.3) is 21.3 Å². The van der Waals surface area contributed by atoms with Gasteiger partial charge in [-0.1, -0.05) is 18.2 Å². The van der Waals surface area contributed by atoms with E-state index >= 15 is 0 Å². The van der Waals surface area contributed by atoms with E-state index < -0.39 is 34.0 Å². The summed E-state index contributed by atoms with van der Waals surface area (Å²) in [7, 11) is 0. The van der Waals surface area contributed by atoms with E-state index in [4.69, 9.17) is 0 Å². The number of halogens is 2. The molecule has 0 aliphatic rings. The predicted molar refractivity (Wildman–Crippen MR) is 116 cm³/mol. The van der Waals surface area contributed by atoms with Crippen LogP contribution >= 0.6 is 22.7 Å². The van der Waals surface area contributed by atoms with Crippen LogP contribution in [0.3, 0.4) is 0 Å². The summed E-state index contributed by atoms with van der Waals surface area (Å²) in [5.41, 5.74) is -0.640. The number of nitro benzene ring substituents is 1. The normalized spacial score (nSPS) is 11.0. The molecular formula is C20H11F2N3O5S2. The summed E-state index contributed by atoms with van der Waals surface area (Å²) in [6.07, 6.45) is 0. The number of amides is 1. The second-order valence-corrected chi connectivity index (χ2v) is 8.45. The molecular weight excluding hydrogens is 464 g/mol. The van der Waals surface area contributed by atoms with Crippen molar-refractivity contribution in [1.29, 1.82) is 0 Å². The van der Waals surface area contributed by atoms with Gasteiger partial charge in [-0.25, -0.2) is 18.6 Å². The summed E-state index contributed by atoms with van der Waals surface area (Å²) in [4.78, 5) is 39.2. The molecule has 2 heterocycles. The Kier molecular flexibility index (Phi) is 5.40. The lowest BCUT2D eigenvalue weighted by atomic mass is 10.0. The van der Waals surface area contributed by atoms with Crippen molar-refractivity contribution in [1.82, 2.24) is 4.98 Å². The highest BCUT2D eigenvalue weighted by Crippen LogP contribution is 2.38. The fraction of sp³-hybridized carbons (Fsp3) is 0.0500. The fourth-order valence-corrected chi connectivity index (χ4v) is 4.94. The Morgan fingerprint density at radius 1 is 1.16 bits per heavy atom. The van der Waals surface area contributed by atoms with Crippen LogP contribution < -0.4 is 5.32 Å². The number of fused-ring (bicyclic) bond motifs is 1. The first-order valence-electron chi connectivity index (χ1n) is 8.84. The number of hydrogen-bond acceptors (Lipinski definition) is 7. The fourth-order valence-electron chi connectivity index (χ4n) is 3.05. The van der Waals surface area contributed by atoms with E-state index in [0.717, 1.165) is 22.7 Å². The number of hydrogen-bond donors (Lipinski definition) is 2. The minimum absolute atomic E-state index is 0.0665. The molecule has 0 saturated carbocycles. The summed E-state index contributed by atoms with van der Waals surface area (Å²) in [6, 6.07) is 6.82. The summed E-state index contributed by atoms with van der Waals surface area (Å²) in [5.74, 6) is -4.52. The number of non-ortho nitro benzene ring substituents is 1. The van der Waals surface area contributed by atoms with Gasteiger partial charge in [0.1, 0.15) is 15.3 Å². The average Bonchev–Trinajstić information content (AvgIpc) is 3.36. The number of carbonyl (C=O) groups is 2. The summed E-state index contributed by atoms with van der Waals surface area (Å²) >= 11 is 1.61. The van der Waals surface area contributed by atoms with Gasteiger partial charge >= 0.3 is 5.97 Å². The molecule has 8 nitrogen and oxygen atoms in total. The molecule has 0 aliphatic heterocycles. The first kappa shape index (κ1) is 21.5. The van der Waals surface area contributed by atoms with Gasteiger partial charge in [-0.3, -0.25) is 14.9 Å². The topological polar surface area (TPSA) is 122 Å². The van der Waals surface area contributed by atoms with Crippen molar-refractivity contribution in [3.05, 3.63) is 73.6 Å². The zero-order valence-electron chi connectivity index (χ0n) is 16.0. The largest absolute Gasteiger partial charge is 0.478 e. The van der Waals surface area contributed by atoms with Crippen LogP contribution in [0.4, 0.5) is 19.5 Å². The molecule has 0 radical (unpaired) electrons. The lowest BCUT2D eigenvalue weighted by Crippen LogP contribution is -2.13. The Labute approximate surface area is 185 Å². The van der Waals surface area contributed by atoms with Gasteiger partial charge < -0.3 is 10.4 Å². The van der Waals surface area contributed by atoms with Gasteiger partial charge in [0.25, 0.3) is 11.6 Å². The lowest BCUT2D eigenvalue weighted by molar-refractivity contribution is -0.382. The van der Waals surface area contributed by atoms with Crippen LogP contribution in [0.2, 0.25) is 0 Å². The highest BCUT2D eigenvalue weighted by molar-refractivity contribution is 7.21. The number of nitrogens with one attached hydrogen (secondary N) is 1. The first-order valence-corrected chi connectivity index (χ1v) is 10.5. The molecule has 2 N–H and O–H groups in total. The molecule has 2 aromatic heterocycles. The number of aromatic nitrogens is 1. The molecule has 0 atom stereocenters. The van der Waals surface area contributed by atoms with E-state index in [0.29, 0.717) is 0 Å². The van der Waals surface area contributed by atoms with Gasteiger partial charge in [0.15, 0.2) is 16.6 Å². The van der Waals surface area contributed by atoms with Crippen molar-refractivity contribution < 1.29 is 28.4 Å². The van der Waals surface area contributed by atoms with Gasteiger partial charge in [0.2, 0.25) is 0 Å². The third-order valence-corrected chi connectivity index (χ3v) is 6.57. The number of anilines is 1. The zero-order valence-corrected chi connectivity index (χ0v) is 17.6. The highest BCUT2D eigenvalue weighted by Gasteiger charge is 2.26. The molecule has 12 heteroatoms. The van der Waals surface area contributed by atoms with E-state index in [9.17, 15) is 33.6 Å². The smallest absolute Gasteiger partial charge is 0.339 e. The number of carboxylic acid groups (broad SMARTS) is 1. The van der Waals surface area contributed by atoms with Crippen LogP contribution in [-0.4, -0.2) is 26.9 Å². The molecule has 0 spiro atoms. The quantitative estimate of drug-likeness (QED) is 0.291. The van der Waals surface area contributed by atoms with E-state index in [1.54, 1.807) is 0 Å². The van der Waals surface area contributed by atoms with Crippen molar-refractivity contribution in [2.24, 2.45) is 0 Å². The third-order valence-electron chi connectivity index (χ3n) is 4.58. The maximum Gasteiger partial charge on any atom is 0.339 e. The number of thiophene rings is 1. The van der Waals surface area contributed by atoms with E-state index in [-0.39, 0.29) is 42.6 Å². The molecule has 0 fully saturated rings. The van der Waals surface area contributed by atoms with E-state index in [1.165, 1.54) is 42.6 Å². The third kappa shape index (κ3) is 3.59. The number of thiazole rings is 1. The lowest BCUT2D eigenvalue weighted by Gasteiger charge is -2.07. The second-order valence-electron chi connectivity index (χ2n) is 6.57. The number of nitro groups is 1. The highest BCUT2D eigenvalue weighted by atomic mass is 32.1. The molecule has 4 rings (SSSR count). The van der Waals surface area contributed by atoms with Crippen molar-refractivity contribution in [2.45, 2.75) is 6.92 Å². The number of aromatic carboxylic acids is 1. The van der Waals surface area contributed by atoms with Crippen LogP contribution in [0.15, 0.2) is 35.7 Å². The minimum Gasteiger partial charge on any atom is -0.478 e. The maximum atomic E-state index is 14.4. The van der Waals surface area contributed by atoms with Gasteiger partial charge in [-0.05, 0) is 18.6 Å². The molecule has 0 bridgehead atoms. The van der Waals surface area contributed by atoms with E-state index in [1.807, 2.05) is 0 Å². The Bertz CT molecular complexity index is 1430. The summed E-state index contributed by atoms with van der Waals surface area (Å²) in [5, 5.41) is 24.3. The molecule has 0 aliphatic carbocycles. The molecule has 0 saturated heterocycles. The van der Waals surface area contributed by atoms with Gasteiger partial charge in [0.05, 0.1) is 10.4 Å². The van der Waals surface area contributed by atoms with Crippen LogP contribution in [0, 0.1) is 28.7 Å². The molecule has 162 valence electrons. The minimum atomic E-state index is -1.45. The Hall–Kier alpha value is -3.77. The average molecular weight is 475 g/mol. The van der Waals surface area contributed by atoms with Crippen LogP contribution in [0.1, 0.15) is 25.7 Å². The summed E-state index contributed by atoms with van der Waals surface area (Å²) < 4.78 is 28.6. The molecule has 0 unspecified atom stereocenters. The van der Waals surface area contributed by atoms with Crippen molar-refractivity contribution in [3.8, 4) is 11.1 Å². The van der Waals surface area contributed by atoms with Crippen molar-refractivity contribution in [2.75, 3.05) is 5.32 Å². The monoisotopic (exact) mass is 475 g/mol. The van der Waals surface area contributed by atoms with Gasteiger partial charge in [-0.2, -0.15) is 0 Å². The van der Waals surface area contributed by atoms with Crippen LogP contribution in [-0.2, 0) is 0 Å².